The maximum atomic E-state index is 13.5. The predicted octanol–water partition coefficient (Wildman–Crippen LogP) is 18.7. The number of hydrogen-bond acceptors (Lipinski definition) is 10. The van der Waals surface area contributed by atoms with Crippen molar-refractivity contribution >= 4 is 11.9 Å². The van der Waals surface area contributed by atoms with E-state index >= 15 is 0 Å². The molecule has 0 aliphatic carbocycles. The number of aliphatic hydroxyl groups is 5. The molecule has 0 aromatic heterocycles. The molecular weight excluding hydrogens is 1110 g/mol. The average Bonchev–Trinajstić information content (AvgIpc) is 1.80. The van der Waals surface area contributed by atoms with Crippen molar-refractivity contribution in [2.75, 3.05) is 13.2 Å². The largest absolute Gasteiger partial charge is 0.454 e. The van der Waals surface area contributed by atoms with Crippen LogP contribution in [0.2, 0.25) is 0 Å². The molecule has 1 aliphatic heterocycles. The summed E-state index contributed by atoms with van der Waals surface area (Å²) < 4.78 is 17.7. The normalized spacial score (nSPS) is 18.9. The lowest BCUT2D eigenvalue weighted by atomic mass is 9.99. The zero-order valence-corrected chi connectivity index (χ0v) is 56.5. The Hall–Kier alpha value is -4.20. The van der Waals surface area contributed by atoms with Gasteiger partial charge in [-0.1, -0.05) is 289 Å². The molecule has 1 aliphatic rings. The first-order valence-corrected chi connectivity index (χ1v) is 36.0. The fourth-order valence-electron chi connectivity index (χ4n) is 10.4. The summed E-state index contributed by atoms with van der Waals surface area (Å²) in [7, 11) is 0. The van der Waals surface area contributed by atoms with Crippen molar-refractivity contribution < 1.29 is 49.3 Å². The molecule has 11 heteroatoms. The van der Waals surface area contributed by atoms with Gasteiger partial charge >= 0.3 is 5.97 Å². The van der Waals surface area contributed by atoms with E-state index in [0.717, 1.165) is 161 Å². The SMILES string of the molecule is CC/C=C\C/C=C\C/C=C\C/C=C\C/C=C\C/C=C\CCCCCCCCC(=O)OC1C(OCC(NC(=O)C(O)CCCCCCCC/C=C\C/C=C\C/C=C\C/C=C\CCCCC)C(O)/C=C/CCCCCCCCCCCCC)OC(CO)C(O)C1O. The monoisotopic (exact) mass is 1240 g/mol. The number of aliphatic hydroxyl groups excluding tert-OH is 5. The zero-order chi connectivity index (χ0) is 64.6. The maximum absolute atomic E-state index is 13.5. The Morgan fingerprint density at radius 1 is 0.449 bits per heavy atom. The summed E-state index contributed by atoms with van der Waals surface area (Å²) in [6.07, 6.45) is 80.4. The van der Waals surface area contributed by atoms with E-state index in [1.54, 1.807) is 6.08 Å². The van der Waals surface area contributed by atoms with Crippen LogP contribution in [0.25, 0.3) is 0 Å². The Morgan fingerprint density at radius 3 is 1.24 bits per heavy atom. The first-order valence-electron chi connectivity index (χ1n) is 36.0. The van der Waals surface area contributed by atoms with Gasteiger partial charge in [0.25, 0.3) is 0 Å². The minimum atomic E-state index is -1.63. The van der Waals surface area contributed by atoms with Gasteiger partial charge in [0.1, 0.15) is 24.4 Å². The van der Waals surface area contributed by atoms with Crippen molar-refractivity contribution in [1.29, 1.82) is 0 Å². The quantitative estimate of drug-likeness (QED) is 0.0195. The van der Waals surface area contributed by atoms with E-state index < -0.39 is 67.4 Å². The van der Waals surface area contributed by atoms with Crippen molar-refractivity contribution in [2.45, 2.75) is 333 Å². The summed E-state index contributed by atoms with van der Waals surface area (Å²) in [5.74, 6) is -1.23. The number of carbonyl (C=O) groups excluding carboxylic acids is 2. The number of ether oxygens (including phenoxy) is 3. The lowest BCUT2D eigenvalue weighted by Crippen LogP contribution is -2.61. The summed E-state index contributed by atoms with van der Waals surface area (Å²) in [5, 5.41) is 57.3. The van der Waals surface area contributed by atoms with Crippen LogP contribution in [0.4, 0.5) is 0 Å². The van der Waals surface area contributed by atoms with Gasteiger partial charge in [-0.3, -0.25) is 9.59 Å². The first-order chi connectivity index (χ1) is 43.7. The van der Waals surface area contributed by atoms with Crippen LogP contribution in [0, 0.1) is 0 Å². The van der Waals surface area contributed by atoms with E-state index in [4.69, 9.17) is 14.2 Å². The molecule has 508 valence electrons. The summed E-state index contributed by atoms with van der Waals surface area (Å²) in [6, 6.07) is -1.04. The molecule has 1 heterocycles. The molecule has 0 spiro atoms. The molecule has 0 aromatic carbocycles. The number of rotatable bonds is 60. The van der Waals surface area contributed by atoms with Crippen LogP contribution < -0.4 is 5.32 Å². The second-order valence-corrected chi connectivity index (χ2v) is 24.2. The highest BCUT2D eigenvalue weighted by Crippen LogP contribution is 2.26. The third-order valence-electron chi connectivity index (χ3n) is 16.0. The van der Waals surface area contributed by atoms with Gasteiger partial charge < -0.3 is 45.1 Å². The Morgan fingerprint density at radius 2 is 0.809 bits per heavy atom. The van der Waals surface area contributed by atoms with E-state index in [0.29, 0.717) is 12.8 Å². The highest BCUT2D eigenvalue weighted by Gasteiger charge is 2.47. The minimum absolute atomic E-state index is 0.0972. The van der Waals surface area contributed by atoms with Crippen molar-refractivity contribution in [3.05, 3.63) is 134 Å². The molecule has 0 aromatic rings. The Labute approximate surface area is 543 Å². The number of carbonyl (C=O) groups is 2. The topological polar surface area (TPSA) is 175 Å². The van der Waals surface area contributed by atoms with Gasteiger partial charge in [0.05, 0.1) is 25.4 Å². The van der Waals surface area contributed by atoms with Crippen molar-refractivity contribution in [2.24, 2.45) is 0 Å². The van der Waals surface area contributed by atoms with Crippen LogP contribution in [0.15, 0.2) is 134 Å². The second-order valence-electron chi connectivity index (χ2n) is 24.2. The van der Waals surface area contributed by atoms with Gasteiger partial charge in [-0.2, -0.15) is 0 Å². The van der Waals surface area contributed by atoms with Crippen LogP contribution in [-0.2, 0) is 23.8 Å². The summed E-state index contributed by atoms with van der Waals surface area (Å²) in [5.41, 5.74) is 0. The van der Waals surface area contributed by atoms with Crippen LogP contribution in [-0.4, -0.2) is 99.6 Å². The van der Waals surface area contributed by atoms with E-state index in [9.17, 15) is 35.1 Å². The first kappa shape index (κ1) is 82.8. The molecule has 0 radical (unpaired) electrons. The third kappa shape index (κ3) is 51.1. The van der Waals surface area contributed by atoms with Crippen LogP contribution in [0.5, 0.6) is 0 Å². The minimum Gasteiger partial charge on any atom is -0.454 e. The number of esters is 1. The van der Waals surface area contributed by atoms with Crippen LogP contribution in [0.1, 0.15) is 284 Å². The molecule has 0 saturated carbocycles. The smallest absolute Gasteiger partial charge is 0.306 e. The van der Waals surface area contributed by atoms with Gasteiger partial charge in [-0.15, -0.1) is 0 Å². The van der Waals surface area contributed by atoms with Crippen LogP contribution in [0.3, 0.4) is 0 Å². The average molecular weight is 1240 g/mol. The van der Waals surface area contributed by atoms with E-state index in [-0.39, 0.29) is 19.4 Å². The lowest BCUT2D eigenvalue weighted by Gasteiger charge is -2.41. The summed E-state index contributed by atoms with van der Waals surface area (Å²) in [4.78, 5) is 26.7. The number of amides is 1. The summed E-state index contributed by atoms with van der Waals surface area (Å²) in [6.45, 7) is 5.65. The van der Waals surface area contributed by atoms with Crippen molar-refractivity contribution in [3.8, 4) is 0 Å². The molecule has 0 bridgehead atoms. The fraction of sp³-hybridized carbons (Fsp3) is 0.692. The van der Waals surface area contributed by atoms with Gasteiger partial charge in [0, 0.05) is 6.42 Å². The number of nitrogens with one attached hydrogen (secondary N) is 1. The molecular formula is C78H131NO10. The summed E-state index contributed by atoms with van der Waals surface area (Å²) >= 11 is 0. The third-order valence-corrected chi connectivity index (χ3v) is 16.0. The Balaban J connectivity index is 2.63. The molecule has 6 N–H and O–H groups in total. The number of allylic oxidation sites excluding steroid dienone is 21. The van der Waals surface area contributed by atoms with Gasteiger partial charge in [-0.25, -0.2) is 0 Å². The van der Waals surface area contributed by atoms with Gasteiger partial charge in [-0.05, 0) is 122 Å². The maximum Gasteiger partial charge on any atom is 0.306 e. The zero-order valence-electron chi connectivity index (χ0n) is 56.5. The van der Waals surface area contributed by atoms with Crippen LogP contribution >= 0.6 is 0 Å². The van der Waals surface area contributed by atoms with Gasteiger partial charge in [0.15, 0.2) is 12.4 Å². The molecule has 8 unspecified atom stereocenters. The Bertz CT molecular complexity index is 1960. The second kappa shape index (κ2) is 63.9. The molecule has 1 rings (SSSR count). The molecule has 89 heavy (non-hydrogen) atoms. The highest BCUT2D eigenvalue weighted by molar-refractivity contribution is 5.80. The molecule has 1 amide bonds. The van der Waals surface area contributed by atoms with E-state index in [1.807, 2.05) is 6.08 Å². The molecule has 8 atom stereocenters. The molecule has 11 nitrogen and oxygen atoms in total. The van der Waals surface area contributed by atoms with Crippen molar-refractivity contribution in [3.63, 3.8) is 0 Å². The van der Waals surface area contributed by atoms with E-state index in [2.05, 4.69) is 148 Å². The standard InChI is InChI=1S/C78H131NO10/c1-4-7-10-13-16-19-22-25-27-29-31-33-35-36-37-39-41-43-45-48-51-54-57-60-63-66-73(83)89-76-75(85)74(84)72(67-80)88-78(76)87-68-69(70(81)64-61-58-55-52-49-46-24-21-18-15-12-9-6-3)79-77(86)71(82)65-62-59-56-53-50-47-44-42-40-38-34-32-30-28-26-23-20-17-14-11-8-5-2/h7,10,16-17,19-20,25-28,31-34,36-37,40-43,61,64,69-72,74-76,78,80-82,84-85H,4-6,8-9,11-15,18,21-24,29-30,35,38-39,44-60,62-63,65-68H2,1-3H3,(H,79,86)/b10-7-,19-16-,20-17-,27-25-,28-26-,33-31-,34-32-,37-36-,42-40-,43-41-,64-61+. The fourth-order valence-corrected chi connectivity index (χ4v) is 10.4. The number of unbranched alkanes of at least 4 members (excludes halogenated alkanes) is 26. The Kier molecular flexibility index (Phi) is 59.5. The van der Waals surface area contributed by atoms with E-state index in [1.165, 1.54) is 77.0 Å². The molecule has 1 saturated heterocycles. The molecule has 1 fully saturated rings. The predicted molar refractivity (Wildman–Crippen MR) is 374 cm³/mol. The number of hydrogen-bond donors (Lipinski definition) is 6. The van der Waals surface area contributed by atoms with Gasteiger partial charge in [0.2, 0.25) is 5.91 Å². The highest BCUT2D eigenvalue weighted by atomic mass is 16.7. The van der Waals surface area contributed by atoms with Crippen molar-refractivity contribution in [1.82, 2.24) is 5.32 Å². The lowest BCUT2D eigenvalue weighted by molar-refractivity contribution is -0.305.